The predicted molar refractivity (Wildman–Crippen MR) is 134 cm³/mol. The molecule has 40 heavy (non-hydrogen) atoms. The zero-order valence-electron chi connectivity index (χ0n) is 21.8. The van der Waals surface area contributed by atoms with E-state index in [1.807, 2.05) is 48.2 Å². The van der Waals surface area contributed by atoms with E-state index >= 15 is 0 Å². The molecule has 1 spiro atoms. The van der Waals surface area contributed by atoms with Crippen LogP contribution in [-0.4, -0.2) is 85.5 Å². The normalized spacial score (nSPS) is 16.0. The second-order valence-corrected chi connectivity index (χ2v) is 9.48. The highest BCUT2D eigenvalue weighted by molar-refractivity contribution is 5.95. The van der Waals surface area contributed by atoms with Crippen LogP contribution >= 0.6 is 0 Å². The van der Waals surface area contributed by atoms with Crippen LogP contribution in [0.3, 0.4) is 0 Å². The highest BCUT2D eigenvalue weighted by atomic mass is 19.4. The van der Waals surface area contributed by atoms with Crippen molar-refractivity contribution >= 4 is 18.0 Å². The van der Waals surface area contributed by atoms with Crippen LogP contribution in [0.4, 0.5) is 18.0 Å². The van der Waals surface area contributed by atoms with Crippen LogP contribution in [0.15, 0.2) is 48.8 Å². The number of piperidine rings is 1. The first-order valence-electron chi connectivity index (χ1n) is 12.3. The molecule has 14 heteroatoms. The van der Waals surface area contributed by atoms with Crippen LogP contribution in [0.2, 0.25) is 0 Å². The summed E-state index contributed by atoms with van der Waals surface area (Å²) in [7, 11) is 1.39. The lowest BCUT2D eigenvalue weighted by atomic mass is 9.84. The molecule has 2 aliphatic rings. The van der Waals surface area contributed by atoms with Gasteiger partial charge < -0.3 is 19.3 Å². The van der Waals surface area contributed by atoms with Gasteiger partial charge in [0.2, 0.25) is 0 Å². The minimum Gasteiger partial charge on any atom is -0.475 e. The van der Waals surface area contributed by atoms with Crippen LogP contribution in [-0.2, 0) is 21.6 Å². The monoisotopic (exact) mass is 560 g/mol. The lowest BCUT2D eigenvalue weighted by Gasteiger charge is -2.48. The third-order valence-corrected chi connectivity index (χ3v) is 6.97. The number of aryl methyl sites for hydroxylation is 1. The van der Waals surface area contributed by atoms with E-state index in [2.05, 4.69) is 19.7 Å². The van der Waals surface area contributed by atoms with Gasteiger partial charge in [-0.1, -0.05) is 18.2 Å². The molecule has 0 saturated carbocycles. The van der Waals surface area contributed by atoms with Gasteiger partial charge in [-0.25, -0.2) is 9.59 Å². The Bertz CT molecular complexity index is 1390. The van der Waals surface area contributed by atoms with Crippen molar-refractivity contribution in [1.29, 1.82) is 0 Å². The zero-order chi connectivity index (χ0) is 29.1. The second-order valence-electron chi connectivity index (χ2n) is 9.48. The molecule has 1 N–H and O–H groups in total. The molecule has 0 atom stereocenters. The van der Waals surface area contributed by atoms with Gasteiger partial charge in [0.15, 0.2) is 11.6 Å². The van der Waals surface area contributed by atoms with Crippen LogP contribution < -0.4 is 0 Å². The van der Waals surface area contributed by atoms with E-state index in [0.29, 0.717) is 44.8 Å². The Balaban J connectivity index is 0.000000470. The van der Waals surface area contributed by atoms with Gasteiger partial charge in [-0.2, -0.15) is 13.2 Å². The number of carboxylic acids is 1. The number of hydrogen-bond donors (Lipinski definition) is 1. The largest absolute Gasteiger partial charge is 0.490 e. The number of pyridine rings is 1. The number of alkyl halides is 3. The number of fused-ring (bicyclic) bond motifs is 2. The molecule has 1 saturated heterocycles. The molecule has 0 unspecified atom stereocenters. The van der Waals surface area contributed by atoms with Crippen molar-refractivity contribution in [3.05, 3.63) is 65.7 Å². The lowest BCUT2D eigenvalue weighted by molar-refractivity contribution is -0.192. The topological polar surface area (TPSA) is 131 Å². The highest BCUT2D eigenvalue weighted by Gasteiger charge is 2.46. The zero-order valence-corrected chi connectivity index (χ0v) is 21.8. The summed E-state index contributed by atoms with van der Waals surface area (Å²) < 4.78 is 38.9. The maximum absolute atomic E-state index is 13.2. The van der Waals surface area contributed by atoms with Gasteiger partial charge >= 0.3 is 18.2 Å². The summed E-state index contributed by atoms with van der Waals surface area (Å²) in [4.78, 5) is 42.4. The lowest BCUT2D eigenvalue weighted by Crippen LogP contribution is -2.57. The van der Waals surface area contributed by atoms with E-state index < -0.39 is 17.7 Å². The average molecular weight is 561 g/mol. The minimum absolute atomic E-state index is 0.0417. The number of likely N-dealkylation sites (tertiary alicyclic amines) is 1. The first-order valence-corrected chi connectivity index (χ1v) is 12.3. The molecule has 0 aliphatic carbocycles. The van der Waals surface area contributed by atoms with E-state index in [1.54, 1.807) is 17.3 Å². The Labute approximate surface area is 227 Å². The van der Waals surface area contributed by atoms with Crippen molar-refractivity contribution in [3.63, 3.8) is 0 Å². The molecular weight excluding hydrogens is 533 g/mol. The maximum Gasteiger partial charge on any atom is 0.490 e. The Kier molecular flexibility index (Phi) is 8.07. The molecule has 2 aliphatic heterocycles. The van der Waals surface area contributed by atoms with Crippen molar-refractivity contribution in [3.8, 4) is 11.4 Å². The van der Waals surface area contributed by atoms with E-state index in [4.69, 9.17) is 14.6 Å². The van der Waals surface area contributed by atoms with E-state index in [0.717, 1.165) is 22.5 Å². The van der Waals surface area contributed by atoms with Gasteiger partial charge in [-0.3, -0.25) is 14.7 Å². The van der Waals surface area contributed by atoms with Crippen molar-refractivity contribution in [1.82, 2.24) is 29.5 Å². The Morgan fingerprint density at radius 1 is 1.02 bits per heavy atom. The fraction of sp³-hybridized carbons (Fsp3) is 0.385. The first kappa shape index (κ1) is 28.5. The maximum atomic E-state index is 13.2. The summed E-state index contributed by atoms with van der Waals surface area (Å²) in [6.45, 7) is 3.91. The molecule has 212 valence electrons. The van der Waals surface area contributed by atoms with Gasteiger partial charge in [-0.05, 0) is 43.5 Å². The molecule has 2 aromatic heterocycles. The van der Waals surface area contributed by atoms with E-state index in [9.17, 15) is 22.8 Å². The number of halogens is 3. The van der Waals surface area contributed by atoms with Crippen LogP contribution in [0, 0.1) is 6.92 Å². The third kappa shape index (κ3) is 5.75. The molecular formula is C26H27F3N6O5. The number of aliphatic carboxylic acids is 1. The van der Waals surface area contributed by atoms with Gasteiger partial charge in [0, 0.05) is 43.2 Å². The summed E-state index contributed by atoms with van der Waals surface area (Å²) in [6.07, 6.45) is -0.618. The van der Waals surface area contributed by atoms with Crippen LogP contribution in [0.25, 0.3) is 11.4 Å². The predicted octanol–water partition coefficient (Wildman–Crippen LogP) is 3.50. The molecule has 3 aromatic rings. The summed E-state index contributed by atoms with van der Waals surface area (Å²) in [6, 6.07) is 11.5. The first-order chi connectivity index (χ1) is 19.0. The summed E-state index contributed by atoms with van der Waals surface area (Å²) >= 11 is 0. The number of carbonyl (C=O) groups excluding carboxylic acids is 2. The number of hydrogen-bond acceptors (Lipinski definition) is 7. The SMILES string of the molecule is COC(=O)N1Cc2nnc(-c3cccnc3)n2C2(CCN(C(=O)c3ccccc3C)CC2)C1.O=C(O)C(F)(F)F. The van der Waals surface area contributed by atoms with E-state index in [1.165, 1.54) is 7.11 Å². The standard InChI is InChI=1S/C24H26N6O3.C2HF3O2/c1-17-6-3-4-8-19(17)22(31)28-12-9-24(10-13-28)16-29(23(32)33-2)15-20-26-27-21(30(20)24)18-7-5-11-25-14-18;3-2(4,5)1(6)7/h3-8,11,14H,9-10,12-13,15-16H2,1-2H3;(H,6,7). The number of benzene rings is 1. The van der Waals surface area contributed by atoms with E-state index in [-0.39, 0.29) is 12.0 Å². The molecule has 0 radical (unpaired) electrons. The number of carbonyl (C=O) groups is 3. The minimum atomic E-state index is -5.08. The van der Waals surface area contributed by atoms with Gasteiger partial charge in [-0.15, -0.1) is 10.2 Å². The molecule has 0 bridgehead atoms. The average Bonchev–Trinajstić information content (AvgIpc) is 3.38. The highest BCUT2D eigenvalue weighted by Crippen LogP contribution is 2.39. The fourth-order valence-electron chi connectivity index (χ4n) is 5.00. The molecule has 1 aromatic carbocycles. The van der Waals surface area contributed by atoms with Crippen LogP contribution in [0.1, 0.15) is 34.6 Å². The van der Waals surface area contributed by atoms with Gasteiger partial charge in [0.1, 0.15) is 0 Å². The molecule has 4 heterocycles. The Hall–Kier alpha value is -4.49. The molecule has 5 rings (SSSR count). The Morgan fingerprint density at radius 3 is 2.27 bits per heavy atom. The quantitative estimate of drug-likeness (QED) is 0.504. The number of ether oxygens (including phenoxy) is 1. The molecule has 1 fully saturated rings. The number of aromatic nitrogens is 4. The van der Waals surface area contributed by atoms with Crippen molar-refractivity contribution in [2.75, 3.05) is 26.7 Å². The smallest absolute Gasteiger partial charge is 0.475 e. The number of rotatable bonds is 2. The summed E-state index contributed by atoms with van der Waals surface area (Å²) in [5.74, 6) is -1.27. The molecule has 11 nitrogen and oxygen atoms in total. The van der Waals surface area contributed by atoms with Crippen molar-refractivity contribution < 1.29 is 37.4 Å². The van der Waals surface area contributed by atoms with Gasteiger partial charge in [0.05, 0.1) is 19.2 Å². The van der Waals surface area contributed by atoms with Crippen LogP contribution in [0.5, 0.6) is 0 Å². The number of methoxy groups -OCH3 is 1. The second kappa shape index (κ2) is 11.3. The summed E-state index contributed by atoms with van der Waals surface area (Å²) in [5, 5.41) is 16.0. The third-order valence-electron chi connectivity index (χ3n) is 6.97. The fourth-order valence-corrected chi connectivity index (χ4v) is 5.00. The Morgan fingerprint density at radius 2 is 1.70 bits per heavy atom. The van der Waals surface area contributed by atoms with Crippen molar-refractivity contribution in [2.24, 2.45) is 0 Å². The molecule has 2 amide bonds. The number of amides is 2. The van der Waals surface area contributed by atoms with Crippen molar-refractivity contribution in [2.45, 2.75) is 38.0 Å². The number of carboxylic acid groups (broad SMARTS) is 1. The summed E-state index contributed by atoms with van der Waals surface area (Å²) in [5.41, 5.74) is 2.14. The number of nitrogens with zero attached hydrogens (tertiary/aromatic N) is 6. The van der Waals surface area contributed by atoms with Gasteiger partial charge in [0.25, 0.3) is 5.91 Å².